The minimum atomic E-state index is -4.35. The van der Waals surface area contributed by atoms with E-state index in [0.717, 1.165) is 12.1 Å². The Labute approximate surface area is 121 Å². The van der Waals surface area contributed by atoms with Crippen LogP contribution in [0.25, 0.3) is 0 Å². The van der Waals surface area contributed by atoms with Crippen LogP contribution >= 0.6 is 0 Å². The van der Waals surface area contributed by atoms with Gasteiger partial charge in [0.15, 0.2) is 0 Å². The molecule has 1 aliphatic heterocycles. The lowest BCUT2D eigenvalue weighted by Crippen LogP contribution is -2.50. The van der Waals surface area contributed by atoms with Crippen LogP contribution in [0.4, 0.5) is 13.2 Å². The Balaban J connectivity index is 2.02. The zero-order valence-corrected chi connectivity index (χ0v) is 12.0. The van der Waals surface area contributed by atoms with Gasteiger partial charge in [0.2, 0.25) is 5.91 Å². The lowest BCUT2D eigenvalue weighted by molar-refractivity contribution is -0.142. The van der Waals surface area contributed by atoms with Gasteiger partial charge in [-0.05, 0) is 31.5 Å². The summed E-state index contributed by atoms with van der Waals surface area (Å²) >= 11 is 0. The third-order valence-electron chi connectivity index (χ3n) is 3.56. The van der Waals surface area contributed by atoms with Crippen molar-refractivity contribution in [2.75, 3.05) is 13.2 Å². The number of alkyl halides is 3. The van der Waals surface area contributed by atoms with Gasteiger partial charge in [0.25, 0.3) is 0 Å². The molecule has 1 fully saturated rings. The highest BCUT2D eigenvalue weighted by atomic mass is 19.4. The normalized spacial score (nSPS) is 23.2. The molecule has 0 N–H and O–H groups in total. The third-order valence-corrected chi connectivity index (χ3v) is 3.56. The molecule has 0 aromatic heterocycles. The van der Waals surface area contributed by atoms with Gasteiger partial charge in [0, 0.05) is 6.54 Å². The summed E-state index contributed by atoms with van der Waals surface area (Å²) in [5.41, 5.74) is -0.119. The van der Waals surface area contributed by atoms with Crippen LogP contribution in [0.5, 0.6) is 0 Å². The molecule has 21 heavy (non-hydrogen) atoms. The van der Waals surface area contributed by atoms with E-state index in [1.807, 2.05) is 13.8 Å². The van der Waals surface area contributed by atoms with E-state index in [0.29, 0.717) is 18.7 Å². The van der Waals surface area contributed by atoms with E-state index in [4.69, 9.17) is 4.74 Å². The van der Waals surface area contributed by atoms with Gasteiger partial charge in [-0.3, -0.25) is 4.79 Å². The van der Waals surface area contributed by atoms with Crippen LogP contribution in [-0.4, -0.2) is 36.1 Å². The van der Waals surface area contributed by atoms with Crippen LogP contribution in [0.1, 0.15) is 25.0 Å². The molecule has 2 unspecified atom stereocenters. The molecule has 0 radical (unpaired) electrons. The number of nitrogens with zero attached hydrogens (tertiary/aromatic N) is 1. The number of amides is 1. The second kappa shape index (κ2) is 6.05. The minimum absolute atomic E-state index is 0.0110. The largest absolute Gasteiger partial charge is 0.416 e. The Kier molecular flexibility index (Phi) is 4.56. The number of carbonyl (C=O) groups is 1. The summed E-state index contributed by atoms with van der Waals surface area (Å²) in [6.45, 7) is 4.79. The number of rotatable bonds is 2. The highest BCUT2D eigenvalue weighted by Crippen LogP contribution is 2.29. The van der Waals surface area contributed by atoms with Gasteiger partial charge in [-0.1, -0.05) is 12.1 Å². The van der Waals surface area contributed by atoms with Crippen molar-refractivity contribution in [3.8, 4) is 0 Å². The number of ether oxygens (including phenoxy) is 1. The smallest absolute Gasteiger partial charge is 0.375 e. The number of carbonyl (C=O) groups excluding carboxylic acids is 1. The first kappa shape index (κ1) is 15.8. The number of hydrogen-bond acceptors (Lipinski definition) is 2. The molecule has 1 saturated heterocycles. The average molecular weight is 301 g/mol. The lowest BCUT2D eigenvalue weighted by atomic mass is 10.1. The van der Waals surface area contributed by atoms with Gasteiger partial charge < -0.3 is 9.64 Å². The molecule has 0 aliphatic carbocycles. The summed E-state index contributed by atoms with van der Waals surface area (Å²) < 4.78 is 42.9. The molecule has 0 saturated carbocycles. The molecule has 2 rings (SSSR count). The van der Waals surface area contributed by atoms with Crippen LogP contribution in [0, 0.1) is 0 Å². The van der Waals surface area contributed by atoms with Crippen molar-refractivity contribution in [3.63, 3.8) is 0 Å². The Morgan fingerprint density at radius 2 is 1.90 bits per heavy atom. The van der Waals surface area contributed by atoms with Gasteiger partial charge in [-0.25, -0.2) is 0 Å². The molecule has 1 heterocycles. The number of morpholine rings is 1. The third kappa shape index (κ3) is 3.97. The van der Waals surface area contributed by atoms with Crippen LogP contribution < -0.4 is 0 Å². The first-order chi connectivity index (χ1) is 9.77. The summed E-state index contributed by atoms with van der Waals surface area (Å²) in [5.74, 6) is -0.0857. The maximum absolute atomic E-state index is 12.5. The summed E-state index contributed by atoms with van der Waals surface area (Å²) in [6.07, 6.45) is -4.26. The SMILES string of the molecule is CC1CN(C(=O)Cc2ccc(C(F)(F)F)cc2)C(C)CO1. The average Bonchev–Trinajstić information content (AvgIpc) is 2.41. The fourth-order valence-electron chi connectivity index (χ4n) is 2.34. The predicted molar refractivity (Wildman–Crippen MR) is 71.7 cm³/mol. The van der Waals surface area contributed by atoms with E-state index in [1.54, 1.807) is 4.90 Å². The van der Waals surface area contributed by atoms with Crippen LogP contribution in [0.15, 0.2) is 24.3 Å². The maximum atomic E-state index is 12.5. The first-order valence-corrected chi connectivity index (χ1v) is 6.84. The highest BCUT2D eigenvalue weighted by molar-refractivity contribution is 5.79. The van der Waals surface area contributed by atoms with Crippen molar-refractivity contribution in [1.82, 2.24) is 4.90 Å². The summed E-state index contributed by atoms with van der Waals surface area (Å²) in [5, 5.41) is 0. The topological polar surface area (TPSA) is 29.5 Å². The zero-order chi connectivity index (χ0) is 15.6. The Bertz CT molecular complexity index is 499. The fourth-order valence-corrected chi connectivity index (χ4v) is 2.34. The van der Waals surface area contributed by atoms with Gasteiger partial charge in [-0.15, -0.1) is 0 Å². The zero-order valence-electron chi connectivity index (χ0n) is 12.0. The van der Waals surface area contributed by atoms with E-state index in [1.165, 1.54) is 12.1 Å². The molecular formula is C15H18F3NO2. The molecule has 3 nitrogen and oxygen atoms in total. The van der Waals surface area contributed by atoms with E-state index in [2.05, 4.69) is 0 Å². The van der Waals surface area contributed by atoms with Crippen molar-refractivity contribution in [1.29, 1.82) is 0 Å². The number of hydrogen-bond donors (Lipinski definition) is 0. The van der Waals surface area contributed by atoms with E-state index < -0.39 is 11.7 Å². The highest BCUT2D eigenvalue weighted by Gasteiger charge is 2.30. The summed E-state index contributed by atoms with van der Waals surface area (Å²) in [7, 11) is 0. The van der Waals surface area contributed by atoms with Gasteiger partial charge in [-0.2, -0.15) is 13.2 Å². The second-order valence-electron chi connectivity index (χ2n) is 5.41. The standard InChI is InChI=1S/C15H18F3NO2/c1-10-9-21-11(2)8-19(10)14(20)7-12-3-5-13(6-4-12)15(16,17)18/h3-6,10-11H,7-9H2,1-2H3. The monoisotopic (exact) mass is 301 g/mol. The van der Waals surface area contributed by atoms with E-state index in [-0.39, 0.29) is 24.5 Å². The second-order valence-corrected chi connectivity index (χ2v) is 5.41. The van der Waals surface area contributed by atoms with E-state index >= 15 is 0 Å². The molecule has 1 amide bonds. The van der Waals surface area contributed by atoms with E-state index in [9.17, 15) is 18.0 Å². The molecule has 1 aromatic rings. The Hall–Kier alpha value is -1.56. The van der Waals surface area contributed by atoms with Crippen LogP contribution in [-0.2, 0) is 22.1 Å². The van der Waals surface area contributed by atoms with Gasteiger partial charge in [0.05, 0.1) is 30.7 Å². The summed E-state index contributed by atoms with van der Waals surface area (Å²) in [4.78, 5) is 14.0. The lowest BCUT2D eigenvalue weighted by Gasteiger charge is -2.37. The van der Waals surface area contributed by atoms with Crippen molar-refractivity contribution < 1.29 is 22.7 Å². The van der Waals surface area contributed by atoms with Crippen molar-refractivity contribution in [3.05, 3.63) is 35.4 Å². The predicted octanol–water partition coefficient (Wildman–Crippen LogP) is 2.88. The molecule has 1 aromatic carbocycles. The maximum Gasteiger partial charge on any atom is 0.416 e. The van der Waals surface area contributed by atoms with Crippen molar-refractivity contribution in [2.45, 2.75) is 38.6 Å². The minimum Gasteiger partial charge on any atom is -0.375 e. The molecule has 1 aliphatic rings. The van der Waals surface area contributed by atoms with Gasteiger partial charge >= 0.3 is 6.18 Å². The molecule has 0 spiro atoms. The molecule has 2 atom stereocenters. The Morgan fingerprint density at radius 3 is 2.48 bits per heavy atom. The first-order valence-electron chi connectivity index (χ1n) is 6.84. The quantitative estimate of drug-likeness (QED) is 0.840. The van der Waals surface area contributed by atoms with Crippen LogP contribution in [0.3, 0.4) is 0 Å². The fraction of sp³-hybridized carbons (Fsp3) is 0.533. The number of halogens is 3. The van der Waals surface area contributed by atoms with Crippen LogP contribution in [0.2, 0.25) is 0 Å². The van der Waals surface area contributed by atoms with Gasteiger partial charge in [0.1, 0.15) is 0 Å². The summed E-state index contributed by atoms with van der Waals surface area (Å²) in [6, 6.07) is 4.72. The molecule has 0 bridgehead atoms. The molecule has 6 heteroatoms. The molecular weight excluding hydrogens is 283 g/mol. The van der Waals surface area contributed by atoms with Crippen molar-refractivity contribution in [2.24, 2.45) is 0 Å². The molecule has 116 valence electrons. The number of benzene rings is 1. The Morgan fingerprint density at radius 1 is 1.29 bits per heavy atom. The van der Waals surface area contributed by atoms with Crippen molar-refractivity contribution >= 4 is 5.91 Å².